The van der Waals surface area contributed by atoms with E-state index in [0.717, 1.165) is 24.8 Å². The number of ether oxygens (including phenoxy) is 1. The third-order valence-corrected chi connectivity index (χ3v) is 2.47. The quantitative estimate of drug-likeness (QED) is 0.512. The van der Waals surface area contributed by atoms with Gasteiger partial charge >= 0.3 is 5.97 Å². The van der Waals surface area contributed by atoms with Crippen molar-refractivity contribution >= 4 is 5.97 Å². The Morgan fingerprint density at radius 3 is 2.50 bits per heavy atom. The SMILES string of the molecule is CCCCC(C)=C(C)C(=O)OCC(O)CO. The molecule has 4 heteroatoms. The number of unbranched alkanes of at least 4 members (excludes halogenated alkanes) is 1. The van der Waals surface area contributed by atoms with E-state index < -0.39 is 18.7 Å². The average Bonchev–Trinajstić information content (AvgIpc) is 2.31. The molecular weight excluding hydrogens is 208 g/mol. The van der Waals surface area contributed by atoms with Gasteiger partial charge in [0.2, 0.25) is 0 Å². The van der Waals surface area contributed by atoms with E-state index >= 15 is 0 Å². The fraction of sp³-hybridized carbons (Fsp3) is 0.750. The van der Waals surface area contributed by atoms with Crippen LogP contribution in [0.1, 0.15) is 40.0 Å². The second-order valence-corrected chi connectivity index (χ2v) is 3.94. The number of rotatable bonds is 7. The fourth-order valence-electron chi connectivity index (χ4n) is 1.14. The molecule has 0 rings (SSSR count). The zero-order chi connectivity index (χ0) is 12.6. The van der Waals surface area contributed by atoms with Crippen LogP contribution in [0.2, 0.25) is 0 Å². The van der Waals surface area contributed by atoms with Crippen molar-refractivity contribution in [3.63, 3.8) is 0 Å². The normalized spacial score (nSPS) is 14.3. The van der Waals surface area contributed by atoms with E-state index in [9.17, 15) is 4.79 Å². The molecule has 0 aromatic carbocycles. The zero-order valence-corrected chi connectivity index (χ0v) is 10.3. The molecule has 94 valence electrons. The molecule has 16 heavy (non-hydrogen) atoms. The molecule has 0 radical (unpaired) electrons. The first-order valence-corrected chi connectivity index (χ1v) is 5.65. The van der Waals surface area contributed by atoms with Gasteiger partial charge in [0.05, 0.1) is 6.61 Å². The lowest BCUT2D eigenvalue weighted by atomic mass is 10.1. The molecule has 0 heterocycles. The number of aliphatic hydroxyl groups is 2. The van der Waals surface area contributed by atoms with Crippen molar-refractivity contribution in [2.45, 2.75) is 46.1 Å². The van der Waals surface area contributed by atoms with Crippen LogP contribution >= 0.6 is 0 Å². The van der Waals surface area contributed by atoms with E-state index in [1.54, 1.807) is 6.92 Å². The highest BCUT2D eigenvalue weighted by Crippen LogP contribution is 2.13. The minimum Gasteiger partial charge on any atom is -0.459 e. The molecule has 2 N–H and O–H groups in total. The van der Waals surface area contributed by atoms with Crippen molar-refractivity contribution in [2.75, 3.05) is 13.2 Å². The smallest absolute Gasteiger partial charge is 0.333 e. The number of allylic oxidation sites excluding steroid dienone is 1. The molecule has 0 amide bonds. The predicted molar refractivity (Wildman–Crippen MR) is 62.0 cm³/mol. The van der Waals surface area contributed by atoms with Gasteiger partial charge in [0.1, 0.15) is 12.7 Å². The molecule has 1 unspecified atom stereocenters. The molecule has 0 saturated heterocycles. The maximum atomic E-state index is 11.5. The lowest BCUT2D eigenvalue weighted by Crippen LogP contribution is -2.22. The number of carbonyl (C=O) groups excluding carboxylic acids is 1. The highest BCUT2D eigenvalue weighted by atomic mass is 16.5. The maximum absolute atomic E-state index is 11.5. The molecule has 0 saturated carbocycles. The zero-order valence-electron chi connectivity index (χ0n) is 10.3. The summed E-state index contributed by atoms with van der Waals surface area (Å²) in [6.45, 7) is 5.17. The van der Waals surface area contributed by atoms with Crippen molar-refractivity contribution in [1.82, 2.24) is 0 Å². The number of carbonyl (C=O) groups is 1. The van der Waals surface area contributed by atoms with Gasteiger partial charge < -0.3 is 14.9 Å². The highest BCUT2D eigenvalue weighted by molar-refractivity contribution is 5.88. The van der Waals surface area contributed by atoms with Gasteiger partial charge in [-0.2, -0.15) is 0 Å². The van der Waals surface area contributed by atoms with Gasteiger partial charge in [-0.25, -0.2) is 4.79 Å². The van der Waals surface area contributed by atoms with E-state index in [1.165, 1.54) is 0 Å². The minimum absolute atomic E-state index is 0.159. The first kappa shape index (κ1) is 15.1. The summed E-state index contributed by atoms with van der Waals surface area (Å²) in [6.07, 6.45) is 2.03. The van der Waals surface area contributed by atoms with Gasteiger partial charge in [-0.05, 0) is 26.7 Å². The summed E-state index contributed by atoms with van der Waals surface area (Å²) in [5, 5.41) is 17.6. The third-order valence-electron chi connectivity index (χ3n) is 2.47. The number of hydrogen-bond donors (Lipinski definition) is 2. The van der Waals surface area contributed by atoms with Gasteiger partial charge in [0, 0.05) is 5.57 Å². The minimum atomic E-state index is -0.993. The summed E-state index contributed by atoms with van der Waals surface area (Å²) < 4.78 is 4.85. The summed E-state index contributed by atoms with van der Waals surface area (Å²) in [5.41, 5.74) is 1.61. The Balaban J connectivity index is 4.15. The lowest BCUT2D eigenvalue weighted by molar-refractivity contribution is -0.142. The van der Waals surface area contributed by atoms with E-state index in [-0.39, 0.29) is 6.61 Å². The van der Waals surface area contributed by atoms with Crippen LogP contribution < -0.4 is 0 Å². The summed E-state index contributed by atoms with van der Waals surface area (Å²) in [7, 11) is 0. The van der Waals surface area contributed by atoms with Crippen LogP contribution in [0.4, 0.5) is 0 Å². The Hall–Kier alpha value is -0.870. The number of hydrogen-bond acceptors (Lipinski definition) is 4. The summed E-state index contributed by atoms with van der Waals surface area (Å²) in [4.78, 5) is 11.5. The van der Waals surface area contributed by atoms with Crippen LogP contribution in [-0.2, 0) is 9.53 Å². The molecule has 0 aliphatic heterocycles. The van der Waals surface area contributed by atoms with Crippen LogP contribution in [0.25, 0.3) is 0 Å². The molecule has 1 atom stereocenters. The predicted octanol–water partition coefficient (Wildman–Crippen LogP) is 1.41. The fourth-order valence-corrected chi connectivity index (χ4v) is 1.14. The largest absolute Gasteiger partial charge is 0.459 e. The number of aliphatic hydroxyl groups excluding tert-OH is 2. The van der Waals surface area contributed by atoms with Crippen LogP contribution in [-0.4, -0.2) is 35.5 Å². The van der Waals surface area contributed by atoms with Crippen LogP contribution in [0, 0.1) is 0 Å². The van der Waals surface area contributed by atoms with E-state index in [0.29, 0.717) is 5.57 Å². The van der Waals surface area contributed by atoms with E-state index in [2.05, 4.69) is 6.92 Å². The lowest BCUT2D eigenvalue weighted by Gasteiger charge is -2.10. The van der Waals surface area contributed by atoms with Gasteiger partial charge in [0.25, 0.3) is 0 Å². The monoisotopic (exact) mass is 230 g/mol. The Morgan fingerprint density at radius 2 is 2.00 bits per heavy atom. The second-order valence-electron chi connectivity index (χ2n) is 3.94. The van der Waals surface area contributed by atoms with Crippen molar-refractivity contribution in [2.24, 2.45) is 0 Å². The molecule has 0 bridgehead atoms. The van der Waals surface area contributed by atoms with Gasteiger partial charge in [0.15, 0.2) is 0 Å². The highest BCUT2D eigenvalue weighted by Gasteiger charge is 2.11. The first-order valence-electron chi connectivity index (χ1n) is 5.65. The summed E-state index contributed by atoms with van der Waals surface area (Å²) >= 11 is 0. The van der Waals surface area contributed by atoms with Crippen molar-refractivity contribution in [3.05, 3.63) is 11.1 Å². The average molecular weight is 230 g/mol. The molecule has 0 fully saturated rings. The second kappa shape index (κ2) is 8.30. The molecule has 0 spiro atoms. The Labute approximate surface area is 96.9 Å². The van der Waals surface area contributed by atoms with Crippen molar-refractivity contribution < 1.29 is 19.7 Å². The van der Waals surface area contributed by atoms with Crippen LogP contribution in [0.5, 0.6) is 0 Å². The van der Waals surface area contributed by atoms with Gasteiger partial charge in [-0.1, -0.05) is 18.9 Å². The van der Waals surface area contributed by atoms with E-state index in [1.807, 2.05) is 6.92 Å². The van der Waals surface area contributed by atoms with Crippen LogP contribution in [0.15, 0.2) is 11.1 Å². The summed E-state index contributed by atoms with van der Waals surface area (Å²) in [5.74, 6) is -0.416. The Morgan fingerprint density at radius 1 is 1.38 bits per heavy atom. The third kappa shape index (κ3) is 5.88. The molecule has 0 aromatic rings. The molecule has 0 aromatic heterocycles. The molecule has 0 aliphatic rings. The Bertz CT molecular complexity index is 245. The van der Waals surface area contributed by atoms with Gasteiger partial charge in [-0.3, -0.25) is 0 Å². The Kier molecular flexibility index (Phi) is 7.85. The van der Waals surface area contributed by atoms with Crippen molar-refractivity contribution in [1.29, 1.82) is 0 Å². The standard InChI is InChI=1S/C12H22O4/c1-4-5-6-9(2)10(3)12(15)16-8-11(14)7-13/h11,13-14H,4-8H2,1-3H3. The topological polar surface area (TPSA) is 66.8 Å². The van der Waals surface area contributed by atoms with E-state index in [4.69, 9.17) is 14.9 Å². The maximum Gasteiger partial charge on any atom is 0.333 e. The van der Waals surface area contributed by atoms with Gasteiger partial charge in [-0.15, -0.1) is 0 Å². The number of esters is 1. The molecular formula is C12H22O4. The molecule has 4 nitrogen and oxygen atoms in total. The first-order chi connectivity index (χ1) is 7.52. The summed E-state index contributed by atoms with van der Waals surface area (Å²) in [6, 6.07) is 0. The van der Waals surface area contributed by atoms with Crippen molar-refractivity contribution in [3.8, 4) is 0 Å². The van der Waals surface area contributed by atoms with Crippen LogP contribution in [0.3, 0.4) is 0 Å². The molecule has 0 aliphatic carbocycles.